The molecule has 0 radical (unpaired) electrons. The zero-order valence-electron chi connectivity index (χ0n) is 19.2. The number of carbonyl (C=O) groups is 2. The van der Waals surface area contributed by atoms with E-state index in [1.165, 1.54) is 4.90 Å². The van der Waals surface area contributed by atoms with Gasteiger partial charge >= 0.3 is 11.8 Å². The molecule has 1 aliphatic carbocycles. The first-order valence-corrected chi connectivity index (χ1v) is 10.9. The SMILES string of the molecule is CCN(CC)C(=O)C(C#N)=Cc1cc(OC(=O)OC2CC(C)CC(C)C2)c(O)c([N+](=O)[O-])c1. The van der Waals surface area contributed by atoms with E-state index < -0.39 is 34.2 Å². The molecule has 1 aromatic carbocycles. The van der Waals surface area contributed by atoms with Crippen LogP contribution in [0.3, 0.4) is 0 Å². The molecule has 1 saturated carbocycles. The smallest absolute Gasteiger partial charge is 0.499 e. The molecule has 0 aliphatic heterocycles. The Hall–Kier alpha value is -3.61. The summed E-state index contributed by atoms with van der Waals surface area (Å²) in [4.78, 5) is 36.8. The number of aromatic hydroxyl groups is 1. The molecule has 1 N–H and O–H groups in total. The van der Waals surface area contributed by atoms with Crippen molar-refractivity contribution in [2.45, 2.75) is 53.1 Å². The Balaban J connectivity index is 2.34. The Bertz CT molecular complexity index is 969. The topological polar surface area (TPSA) is 143 Å². The molecule has 1 aliphatic rings. The van der Waals surface area contributed by atoms with Crippen LogP contribution in [0.4, 0.5) is 10.5 Å². The number of amides is 1. The van der Waals surface area contributed by atoms with Gasteiger partial charge in [0.15, 0.2) is 5.75 Å². The Morgan fingerprint density at radius 2 is 1.85 bits per heavy atom. The molecule has 0 heterocycles. The maximum absolute atomic E-state index is 12.5. The van der Waals surface area contributed by atoms with Gasteiger partial charge in [0.2, 0.25) is 5.75 Å². The fraction of sp³-hybridized carbons (Fsp3) is 0.522. The molecule has 33 heavy (non-hydrogen) atoms. The lowest BCUT2D eigenvalue weighted by Crippen LogP contribution is -2.31. The van der Waals surface area contributed by atoms with Gasteiger partial charge in [0, 0.05) is 19.2 Å². The molecule has 0 bridgehead atoms. The monoisotopic (exact) mass is 459 g/mol. The predicted molar refractivity (Wildman–Crippen MR) is 119 cm³/mol. The molecular formula is C23H29N3O7. The second kappa shape index (κ2) is 11.3. The van der Waals surface area contributed by atoms with Crippen LogP contribution >= 0.6 is 0 Å². The third-order valence-corrected chi connectivity index (χ3v) is 5.58. The lowest BCUT2D eigenvalue weighted by molar-refractivity contribution is -0.385. The highest BCUT2D eigenvalue weighted by molar-refractivity contribution is 6.01. The Labute approximate surface area is 192 Å². The highest BCUT2D eigenvalue weighted by atomic mass is 16.7. The van der Waals surface area contributed by atoms with Gasteiger partial charge in [-0.15, -0.1) is 0 Å². The van der Waals surface area contributed by atoms with Crippen LogP contribution in [0.25, 0.3) is 6.08 Å². The number of rotatable bonds is 7. The van der Waals surface area contributed by atoms with Crippen LogP contribution in [0.5, 0.6) is 11.5 Å². The van der Waals surface area contributed by atoms with Gasteiger partial charge in [0.1, 0.15) is 17.7 Å². The average molecular weight is 459 g/mol. The van der Waals surface area contributed by atoms with E-state index in [-0.39, 0.29) is 17.2 Å². The minimum atomic E-state index is -1.09. The first-order valence-electron chi connectivity index (χ1n) is 10.9. The van der Waals surface area contributed by atoms with Crippen molar-refractivity contribution in [1.29, 1.82) is 5.26 Å². The molecule has 2 atom stereocenters. The van der Waals surface area contributed by atoms with Gasteiger partial charge in [-0.1, -0.05) is 13.8 Å². The number of phenols is 1. The van der Waals surface area contributed by atoms with Crippen molar-refractivity contribution in [3.8, 4) is 17.6 Å². The maximum atomic E-state index is 12.5. The van der Waals surface area contributed by atoms with Gasteiger partial charge in [-0.25, -0.2) is 4.79 Å². The molecule has 0 spiro atoms. The molecule has 1 fully saturated rings. The highest BCUT2D eigenvalue weighted by Gasteiger charge is 2.29. The molecule has 0 saturated heterocycles. The molecule has 10 nitrogen and oxygen atoms in total. The molecule has 0 aromatic heterocycles. The maximum Gasteiger partial charge on any atom is 0.514 e. The number of phenolic OH excluding ortho intramolecular Hbond substituents is 1. The van der Waals surface area contributed by atoms with E-state index in [1.807, 2.05) is 0 Å². The summed E-state index contributed by atoms with van der Waals surface area (Å²) < 4.78 is 10.5. The summed E-state index contributed by atoms with van der Waals surface area (Å²) in [5, 5.41) is 31.1. The van der Waals surface area contributed by atoms with Gasteiger partial charge in [-0.05, 0) is 62.7 Å². The Morgan fingerprint density at radius 1 is 1.24 bits per heavy atom. The molecule has 2 unspecified atom stereocenters. The first-order chi connectivity index (χ1) is 15.6. The van der Waals surface area contributed by atoms with E-state index in [9.17, 15) is 30.1 Å². The molecule has 1 aromatic rings. The van der Waals surface area contributed by atoms with Crippen LogP contribution in [0.15, 0.2) is 17.7 Å². The van der Waals surface area contributed by atoms with Crippen molar-refractivity contribution in [3.63, 3.8) is 0 Å². The fourth-order valence-electron chi connectivity index (χ4n) is 4.12. The number of hydrogen-bond acceptors (Lipinski definition) is 8. The van der Waals surface area contributed by atoms with E-state index in [0.29, 0.717) is 37.8 Å². The van der Waals surface area contributed by atoms with Crippen LogP contribution in [0.2, 0.25) is 0 Å². The van der Waals surface area contributed by atoms with Crippen molar-refractivity contribution in [3.05, 3.63) is 33.4 Å². The van der Waals surface area contributed by atoms with Crippen molar-refractivity contribution in [2.75, 3.05) is 13.1 Å². The standard InChI is InChI=1S/C23H29N3O7/c1-5-25(6-2)22(28)17(13-24)10-16-11-19(26(30)31)21(27)20(12-16)33-23(29)32-18-8-14(3)7-15(4)9-18/h10-12,14-15,18,27H,5-9H2,1-4H3. The summed E-state index contributed by atoms with van der Waals surface area (Å²) in [5.74, 6) is -1.14. The second-order valence-corrected chi connectivity index (χ2v) is 8.30. The second-order valence-electron chi connectivity index (χ2n) is 8.30. The molecular weight excluding hydrogens is 430 g/mol. The first kappa shape index (κ1) is 25.6. The number of likely N-dealkylation sites (N-methyl/N-ethyl adjacent to an activating group) is 1. The van der Waals surface area contributed by atoms with Crippen LogP contribution in [0.1, 0.15) is 52.5 Å². The van der Waals surface area contributed by atoms with Crippen molar-refractivity contribution < 1.29 is 29.1 Å². The van der Waals surface area contributed by atoms with E-state index >= 15 is 0 Å². The number of carbonyl (C=O) groups excluding carboxylic acids is 2. The summed E-state index contributed by atoms with van der Waals surface area (Å²) in [7, 11) is 0. The third kappa shape index (κ3) is 6.68. The number of nitro groups is 1. The number of hydrogen-bond donors (Lipinski definition) is 1. The van der Waals surface area contributed by atoms with Crippen LogP contribution in [0, 0.1) is 33.3 Å². The van der Waals surface area contributed by atoms with Crippen LogP contribution in [-0.2, 0) is 9.53 Å². The van der Waals surface area contributed by atoms with Gasteiger partial charge in [-0.3, -0.25) is 14.9 Å². The zero-order valence-corrected chi connectivity index (χ0v) is 19.2. The minimum Gasteiger partial charge on any atom is -0.499 e. The van der Waals surface area contributed by atoms with Crippen molar-refractivity contribution >= 4 is 23.8 Å². The molecule has 178 valence electrons. The third-order valence-electron chi connectivity index (χ3n) is 5.58. The molecule has 1 amide bonds. The summed E-state index contributed by atoms with van der Waals surface area (Å²) in [6.45, 7) is 8.40. The van der Waals surface area contributed by atoms with E-state index in [1.54, 1.807) is 19.9 Å². The number of nitriles is 1. The van der Waals surface area contributed by atoms with Gasteiger partial charge in [0.05, 0.1) is 4.92 Å². The van der Waals surface area contributed by atoms with Crippen molar-refractivity contribution in [2.24, 2.45) is 11.8 Å². The summed E-state index contributed by atoms with van der Waals surface area (Å²) in [5.41, 5.74) is -0.948. The minimum absolute atomic E-state index is 0.0410. The van der Waals surface area contributed by atoms with Crippen LogP contribution < -0.4 is 4.74 Å². The van der Waals surface area contributed by atoms with Gasteiger partial charge in [0.25, 0.3) is 5.91 Å². The summed E-state index contributed by atoms with van der Waals surface area (Å²) in [6.07, 6.45) is 2.08. The summed E-state index contributed by atoms with van der Waals surface area (Å²) in [6, 6.07) is 3.92. The highest BCUT2D eigenvalue weighted by Crippen LogP contribution is 2.38. The summed E-state index contributed by atoms with van der Waals surface area (Å²) >= 11 is 0. The lowest BCUT2D eigenvalue weighted by atomic mass is 9.82. The van der Waals surface area contributed by atoms with Gasteiger partial charge in [-0.2, -0.15) is 5.26 Å². The lowest BCUT2D eigenvalue weighted by Gasteiger charge is -2.30. The largest absolute Gasteiger partial charge is 0.514 e. The quantitative estimate of drug-likeness (QED) is 0.158. The predicted octanol–water partition coefficient (Wildman–Crippen LogP) is 4.42. The van der Waals surface area contributed by atoms with Crippen LogP contribution in [-0.4, -0.2) is 46.2 Å². The Kier molecular flexibility index (Phi) is 8.79. The van der Waals surface area contributed by atoms with Gasteiger partial charge < -0.3 is 19.5 Å². The number of nitrogens with zero attached hydrogens (tertiary/aromatic N) is 3. The molecule has 10 heteroatoms. The number of ether oxygens (including phenoxy) is 2. The average Bonchev–Trinajstić information content (AvgIpc) is 2.73. The van der Waals surface area contributed by atoms with Crippen molar-refractivity contribution in [1.82, 2.24) is 4.90 Å². The van der Waals surface area contributed by atoms with E-state index in [4.69, 9.17) is 9.47 Å². The fourth-order valence-corrected chi connectivity index (χ4v) is 4.12. The number of nitro benzene ring substituents is 1. The zero-order chi connectivity index (χ0) is 24.7. The number of benzene rings is 1. The van der Waals surface area contributed by atoms with E-state index in [0.717, 1.165) is 24.6 Å². The Morgan fingerprint density at radius 3 is 2.36 bits per heavy atom. The molecule has 2 rings (SSSR count). The normalized spacial score (nSPS) is 20.5. The van der Waals surface area contributed by atoms with E-state index in [2.05, 4.69) is 13.8 Å².